The second-order valence-electron chi connectivity index (χ2n) is 7.75. The SMILES string of the molecule is COc1cc(OC)cc(N2COc3c(cc4c(-c5ccccc5)cc(=O)oc4c3C)C2)c1. The van der Waals surface area contributed by atoms with Gasteiger partial charge in [0, 0.05) is 53.0 Å². The highest BCUT2D eigenvalue weighted by molar-refractivity contribution is 5.96. The van der Waals surface area contributed by atoms with Crippen molar-refractivity contribution < 1.29 is 18.6 Å². The summed E-state index contributed by atoms with van der Waals surface area (Å²) in [5.41, 5.74) is 4.79. The fraction of sp³-hybridized carbons (Fsp3) is 0.192. The molecule has 0 fully saturated rings. The van der Waals surface area contributed by atoms with E-state index >= 15 is 0 Å². The molecule has 6 heteroatoms. The van der Waals surface area contributed by atoms with E-state index in [2.05, 4.69) is 11.0 Å². The first-order valence-corrected chi connectivity index (χ1v) is 10.3. The average molecular weight is 429 g/mol. The van der Waals surface area contributed by atoms with Gasteiger partial charge in [0.2, 0.25) is 0 Å². The van der Waals surface area contributed by atoms with Crippen molar-refractivity contribution in [2.45, 2.75) is 13.5 Å². The summed E-state index contributed by atoms with van der Waals surface area (Å²) < 4.78 is 22.6. The van der Waals surface area contributed by atoms with Gasteiger partial charge in [-0.2, -0.15) is 0 Å². The van der Waals surface area contributed by atoms with Crippen LogP contribution in [0.1, 0.15) is 11.1 Å². The lowest BCUT2D eigenvalue weighted by Gasteiger charge is -2.32. The topological polar surface area (TPSA) is 61.1 Å². The number of rotatable bonds is 4. The smallest absolute Gasteiger partial charge is 0.336 e. The van der Waals surface area contributed by atoms with Gasteiger partial charge >= 0.3 is 5.63 Å². The molecule has 0 amide bonds. The summed E-state index contributed by atoms with van der Waals surface area (Å²) in [6.45, 7) is 2.93. The summed E-state index contributed by atoms with van der Waals surface area (Å²) in [6, 6.07) is 19.2. The first-order valence-electron chi connectivity index (χ1n) is 10.3. The number of aryl methyl sites for hydroxylation is 1. The molecule has 2 heterocycles. The normalized spacial score (nSPS) is 12.9. The van der Waals surface area contributed by atoms with Crippen LogP contribution in [0.2, 0.25) is 0 Å². The van der Waals surface area contributed by atoms with Crippen molar-refractivity contribution in [1.82, 2.24) is 0 Å². The van der Waals surface area contributed by atoms with Crippen molar-refractivity contribution in [3.63, 3.8) is 0 Å². The first-order chi connectivity index (χ1) is 15.6. The van der Waals surface area contributed by atoms with Crippen LogP contribution in [0.15, 0.2) is 69.9 Å². The number of hydrogen-bond acceptors (Lipinski definition) is 6. The standard InChI is InChI=1S/C26H23NO5/c1-16-25-18(14-27(15-31-25)19-10-20(29-2)12-21(11-19)30-3)9-23-22(13-24(28)32-26(16)23)17-7-5-4-6-8-17/h4-13H,14-15H2,1-3H3. The zero-order valence-electron chi connectivity index (χ0n) is 18.2. The van der Waals surface area contributed by atoms with E-state index in [0.717, 1.165) is 39.1 Å². The van der Waals surface area contributed by atoms with Crippen LogP contribution in [0.4, 0.5) is 5.69 Å². The number of ether oxygens (including phenoxy) is 3. The molecule has 0 spiro atoms. The van der Waals surface area contributed by atoms with E-state index in [-0.39, 0.29) is 5.63 Å². The van der Waals surface area contributed by atoms with Crippen LogP contribution in [0.3, 0.4) is 0 Å². The third-order valence-electron chi connectivity index (χ3n) is 5.80. The van der Waals surface area contributed by atoms with Crippen molar-refractivity contribution >= 4 is 16.7 Å². The van der Waals surface area contributed by atoms with Gasteiger partial charge in [-0.1, -0.05) is 30.3 Å². The number of benzene rings is 3. The lowest BCUT2D eigenvalue weighted by atomic mass is 9.97. The molecule has 0 bridgehead atoms. The zero-order chi connectivity index (χ0) is 22.2. The zero-order valence-corrected chi connectivity index (χ0v) is 18.2. The summed E-state index contributed by atoms with van der Waals surface area (Å²) >= 11 is 0. The van der Waals surface area contributed by atoms with E-state index in [4.69, 9.17) is 18.6 Å². The molecular formula is C26H23NO5. The Morgan fingerprint density at radius 1 is 0.938 bits per heavy atom. The number of hydrogen-bond donors (Lipinski definition) is 0. The second kappa shape index (κ2) is 7.96. The Morgan fingerprint density at radius 3 is 2.34 bits per heavy atom. The lowest BCUT2D eigenvalue weighted by Crippen LogP contribution is -2.32. The number of fused-ring (bicyclic) bond motifs is 2. The van der Waals surface area contributed by atoms with Gasteiger partial charge in [-0.05, 0) is 24.1 Å². The van der Waals surface area contributed by atoms with Crippen LogP contribution < -0.4 is 24.7 Å². The van der Waals surface area contributed by atoms with E-state index in [1.165, 1.54) is 0 Å². The summed E-state index contributed by atoms with van der Waals surface area (Å²) in [7, 11) is 3.27. The molecule has 0 N–H and O–H groups in total. The molecule has 0 saturated carbocycles. The van der Waals surface area contributed by atoms with E-state index in [1.807, 2.05) is 55.5 Å². The minimum Gasteiger partial charge on any atom is -0.497 e. The summed E-state index contributed by atoms with van der Waals surface area (Å²) in [4.78, 5) is 14.4. The number of nitrogens with zero attached hydrogens (tertiary/aromatic N) is 1. The van der Waals surface area contributed by atoms with Gasteiger partial charge < -0.3 is 23.5 Å². The maximum absolute atomic E-state index is 12.3. The summed E-state index contributed by atoms with van der Waals surface area (Å²) in [5.74, 6) is 2.19. The molecule has 3 aromatic carbocycles. The maximum Gasteiger partial charge on any atom is 0.336 e. The fourth-order valence-electron chi connectivity index (χ4n) is 4.22. The van der Waals surface area contributed by atoms with E-state index in [1.54, 1.807) is 20.3 Å². The molecule has 1 aliphatic rings. The minimum absolute atomic E-state index is 0.359. The molecule has 6 nitrogen and oxygen atoms in total. The molecule has 5 rings (SSSR count). The van der Waals surface area contributed by atoms with Crippen LogP contribution in [0.25, 0.3) is 22.1 Å². The van der Waals surface area contributed by atoms with E-state index < -0.39 is 0 Å². The van der Waals surface area contributed by atoms with Crippen molar-refractivity contribution in [2.24, 2.45) is 0 Å². The molecule has 0 aliphatic carbocycles. The van der Waals surface area contributed by atoms with Gasteiger partial charge in [-0.3, -0.25) is 0 Å². The largest absolute Gasteiger partial charge is 0.497 e. The van der Waals surface area contributed by atoms with Gasteiger partial charge in [-0.25, -0.2) is 4.79 Å². The Morgan fingerprint density at radius 2 is 1.66 bits per heavy atom. The Kier molecular flexibility index (Phi) is 4.98. The number of methoxy groups -OCH3 is 2. The Hall–Kier alpha value is -3.93. The molecular weight excluding hydrogens is 406 g/mol. The monoisotopic (exact) mass is 429 g/mol. The molecule has 0 saturated heterocycles. The average Bonchev–Trinajstić information content (AvgIpc) is 2.84. The van der Waals surface area contributed by atoms with Crippen molar-refractivity contribution in [2.75, 3.05) is 25.9 Å². The van der Waals surface area contributed by atoms with Crippen LogP contribution >= 0.6 is 0 Å². The van der Waals surface area contributed by atoms with Gasteiger partial charge in [0.05, 0.1) is 14.2 Å². The maximum atomic E-state index is 12.3. The predicted molar refractivity (Wildman–Crippen MR) is 124 cm³/mol. The van der Waals surface area contributed by atoms with Crippen molar-refractivity contribution in [3.8, 4) is 28.4 Å². The Labute approximate surface area is 185 Å². The Bertz CT molecular complexity index is 1340. The third kappa shape index (κ3) is 3.43. The van der Waals surface area contributed by atoms with Crippen LogP contribution in [0.5, 0.6) is 17.2 Å². The predicted octanol–water partition coefficient (Wildman–Crippen LogP) is 5.14. The van der Waals surface area contributed by atoms with Gasteiger partial charge in [0.25, 0.3) is 0 Å². The summed E-state index contributed by atoms with van der Waals surface area (Å²) in [5, 5.41) is 0.890. The summed E-state index contributed by atoms with van der Waals surface area (Å²) in [6.07, 6.45) is 0. The molecule has 162 valence electrons. The lowest BCUT2D eigenvalue weighted by molar-refractivity contribution is 0.287. The highest BCUT2D eigenvalue weighted by Crippen LogP contribution is 2.40. The molecule has 32 heavy (non-hydrogen) atoms. The van der Waals surface area contributed by atoms with Gasteiger partial charge in [-0.15, -0.1) is 0 Å². The number of anilines is 1. The molecule has 0 unspecified atom stereocenters. The highest BCUT2D eigenvalue weighted by Gasteiger charge is 2.24. The second-order valence-corrected chi connectivity index (χ2v) is 7.75. The third-order valence-corrected chi connectivity index (χ3v) is 5.80. The van der Waals surface area contributed by atoms with Crippen molar-refractivity contribution in [3.05, 3.63) is 82.2 Å². The molecule has 0 atom stereocenters. The molecule has 4 aromatic rings. The van der Waals surface area contributed by atoms with Gasteiger partial charge in [0.1, 0.15) is 22.8 Å². The van der Waals surface area contributed by atoms with Crippen molar-refractivity contribution in [1.29, 1.82) is 0 Å². The molecule has 1 aliphatic heterocycles. The minimum atomic E-state index is -0.375. The molecule has 0 radical (unpaired) electrons. The highest BCUT2D eigenvalue weighted by atomic mass is 16.5. The van der Waals surface area contributed by atoms with Gasteiger partial charge in [0.15, 0.2) is 6.73 Å². The van der Waals surface area contributed by atoms with E-state index in [0.29, 0.717) is 30.4 Å². The Balaban J connectivity index is 1.63. The van der Waals surface area contributed by atoms with Crippen LogP contribution in [-0.4, -0.2) is 21.0 Å². The van der Waals surface area contributed by atoms with Crippen LogP contribution in [0, 0.1) is 6.92 Å². The molecule has 1 aromatic heterocycles. The van der Waals surface area contributed by atoms with E-state index in [9.17, 15) is 4.79 Å². The quantitative estimate of drug-likeness (QED) is 0.419. The fourth-order valence-corrected chi connectivity index (χ4v) is 4.22. The first kappa shape index (κ1) is 20.0. The van der Waals surface area contributed by atoms with Crippen LogP contribution in [-0.2, 0) is 6.54 Å².